The maximum absolute atomic E-state index is 14.3. The fourth-order valence-corrected chi connectivity index (χ4v) is 8.34. The first kappa shape index (κ1) is 35.7. The van der Waals surface area contributed by atoms with Crippen molar-refractivity contribution in [2.75, 3.05) is 6.54 Å². The normalized spacial score (nSPS) is 28.6. The Labute approximate surface area is 292 Å². The van der Waals surface area contributed by atoms with Crippen LogP contribution in [-0.4, -0.2) is 89.2 Å². The molecule has 2 aliphatic carbocycles. The Morgan fingerprint density at radius 2 is 1.70 bits per heavy atom. The van der Waals surface area contributed by atoms with Crippen LogP contribution in [0.2, 0.25) is 0 Å². The van der Waals surface area contributed by atoms with Crippen LogP contribution in [0.4, 0.5) is 9.59 Å². The summed E-state index contributed by atoms with van der Waals surface area (Å²) >= 11 is 0. The molecule has 272 valence electrons. The molecule has 3 heterocycles. The first-order chi connectivity index (χ1) is 23.6. The number of alkyl carbamates (subject to hydrolysis) is 1. The van der Waals surface area contributed by atoms with E-state index in [1.54, 1.807) is 25.7 Å². The van der Waals surface area contributed by atoms with E-state index in [0.29, 0.717) is 38.8 Å². The summed E-state index contributed by atoms with van der Waals surface area (Å²) in [4.78, 5) is 71.1. The van der Waals surface area contributed by atoms with Gasteiger partial charge in [0.1, 0.15) is 29.3 Å². The second kappa shape index (κ2) is 13.9. The van der Waals surface area contributed by atoms with E-state index in [0.717, 1.165) is 24.0 Å². The molecule has 5 amide bonds. The number of amides is 5. The Morgan fingerprint density at radius 3 is 2.36 bits per heavy atom. The lowest BCUT2D eigenvalue weighted by molar-refractivity contribution is -0.141. The van der Waals surface area contributed by atoms with Gasteiger partial charge in [0.05, 0.1) is 11.8 Å². The number of allylic oxidation sites excluding steroid dienone is 1. The third-order valence-corrected chi connectivity index (χ3v) is 11.7. The zero-order valence-electron chi connectivity index (χ0n) is 28.8. The summed E-state index contributed by atoms with van der Waals surface area (Å²) in [6.07, 6.45) is 5.72. The summed E-state index contributed by atoms with van der Waals surface area (Å²) in [5.41, 5.74) is -0.315. The topological polar surface area (TPSA) is 181 Å². The molecule has 6 rings (SSSR count). The number of rotatable bonds is 5. The molecule has 5 aliphatic rings. The summed E-state index contributed by atoms with van der Waals surface area (Å²) < 4.78 is 39.0. The highest BCUT2D eigenvalue weighted by atomic mass is 32.2. The number of fused-ring (bicyclic) bond motifs is 3. The second-order valence-corrected chi connectivity index (χ2v) is 17.0. The largest absolute Gasteiger partial charge is 0.444 e. The molecular weight excluding hydrogens is 666 g/mol. The van der Waals surface area contributed by atoms with Gasteiger partial charge in [-0.05, 0) is 70.4 Å². The molecule has 3 N–H and O–H groups in total. The molecule has 15 heteroatoms. The van der Waals surface area contributed by atoms with Crippen LogP contribution in [-0.2, 0) is 47.0 Å². The van der Waals surface area contributed by atoms with E-state index in [-0.39, 0.29) is 25.8 Å². The van der Waals surface area contributed by atoms with Crippen LogP contribution in [0, 0.1) is 5.92 Å². The van der Waals surface area contributed by atoms with Gasteiger partial charge in [0.2, 0.25) is 21.8 Å². The molecule has 3 fully saturated rings. The molecule has 0 radical (unpaired) electrons. The number of carbonyl (C=O) groups is 5. The van der Waals surface area contributed by atoms with Crippen molar-refractivity contribution in [2.24, 2.45) is 5.92 Å². The van der Waals surface area contributed by atoms with Crippen LogP contribution < -0.4 is 15.4 Å². The van der Waals surface area contributed by atoms with Crippen LogP contribution in [0.15, 0.2) is 36.4 Å². The molecule has 0 aromatic heterocycles. The third-order valence-electron chi connectivity index (χ3n) is 9.90. The summed E-state index contributed by atoms with van der Waals surface area (Å²) in [6.45, 7) is 5.76. The Morgan fingerprint density at radius 1 is 1.00 bits per heavy atom. The molecule has 0 spiro atoms. The van der Waals surface area contributed by atoms with Gasteiger partial charge < -0.3 is 25.0 Å². The molecule has 0 unspecified atom stereocenters. The number of carbonyl (C=O) groups excluding carboxylic acids is 5. The van der Waals surface area contributed by atoms with Crippen molar-refractivity contribution < 1.29 is 41.9 Å². The molecule has 0 bridgehead atoms. The molecule has 2 saturated carbocycles. The monoisotopic (exact) mass is 713 g/mol. The zero-order chi connectivity index (χ0) is 35.8. The molecular formula is C35H47N5O9S. The molecule has 1 aromatic carbocycles. The number of nitrogens with zero attached hydrogens (tertiary/aromatic N) is 2. The molecule has 5 atom stereocenters. The lowest BCUT2D eigenvalue weighted by Gasteiger charge is -2.30. The van der Waals surface area contributed by atoms with Gasteiger partial charge in [0, 0.05) is 25.4 Å². The Bertz CT molecular complexity index is 1640. The highest BCUT2D eigenvalue weighted by Gasteiger charge is 2.62. The predicted molar refractivity (Wildman–Crippen MR) is 181 cm³/mol. The smallest absolute Gasteiger partial charge is 0.410 e. The van der Waals surface area contributed by atoms with Crippen LogP contribution >= 0.6 is 0 Å². The number of hydrogen-bond acceptors (Lipinski definition) is 9. The van der Waals surface area contributed by atoms with E-state index in [1.165, 1.54) is 4.90 Å². The van der Waals surface area contributed by atoms with Crippen molar-refractivity contribution in [3.63, 3.8) is 0 Å². The third kappa shape index (κ3) is 8.08. The van der Waals surface area contributed by atoms with Crippen LogP contribution in [0.3, 0.4) is 0 Å². The standard InChI is InChI=1S/C35H47N5O9S/c1-34(2,3)49-32(44)36-27-14-8-6-4-5-7-13-24-18-35(24,31(43)38-50(46,47)26-15-16-26)37-29(41)28-17-25(21-40(28)30(27)42)48-33(45)39-19-22-11-9-10-12-23(22)20-39/h7,9-13,24-28H,4-6,8,14-21H2,1-3H3,(H,36,44)(H,37,41)(H,38,43)/t24-,25-,27+,28+,35-/m1/s1. The van der Waals surface area contributed by atoms with Crippen molar-refractivity contribution in [1.29, 1.82) is 0 Å². The first-order valence-electron chi connectivity index (χ1n) is 17.5. The van der Waals surface area contributed by atoms with E-state index in [1.807, 2.05) is 36.4 Å². The zero-order valence-corrected chi connectivity index (χ0v) is 29.6. The van der Waals surface area contributed by atoms with E-state index < -0.39 is 80.4 Å². The minimum Gasteiger partial charge on any atom is -0.444 e. The highest BCUT2D eigenvalue weighted by molar-refractivity contribution is 7.91. The van der Waals surface area contributed by atoms with Gasteiger partial charge in [0.25, 0.3) is 5.91 Å². The highest BCUT2D eigenvalue weighted by Crippen LogP contribution is 2.46. The average molecular weight is 714 g/mol. The van der Waals surface area contributed by atoms with Crippen molar-refractivity contribution >= 4 is 39.9 Å². The van der Waals surface area contributed by atoms with Gasteiger partial charge in [-0.2, -0.15) is 0 Å². The van der Waals surface area contributed by atoms with Gasteiger partial charge in [-0.25, -0.2) is 18.0 Å². The maximum Gasteiger partial charge on any atom is 0.410 e. The number of ether oxygens (including phenoxy) is 2. The van der Waals surface area contributed by atoms with E-state index in [2.05, 4.69) is 15.4 Å². The Balaban J connectivity index is 1.25. The lowest BCUT2D eigenvalue weighted by atomic mass is 10.0. The number of nitrogens with one attached hydrogen (secondary N) is 3. The van der Waals surface area contributed by atoms with Gasteiger partial charge in [0.15, 0.2) is 0 Å². The lowest BCUT2D eigenvalue weighted by Crippen LogP contribution is -2.58. The van der Waals surface area contributed by atoms with Gasteiger partial charge in [-0.1, -0.05) is 49.3 Å². The molecule has 50 heavy (non-hydrogen) atoms. The average Bonchev–Trinajstić information content (AvgIpc) is 3.92. The van der Waals surface area contributed by atoms with E-state index in [4.69, 9.17) is 9.47 Å². The van der Waals surface area contributed by atoms with E-state index in [9.17, 15) is 32.4 Å². The van der Waals surface area contributed by atoms with E-state index >= 15 is 0 Å². The number of hydrogen-bond donors (Lipinski definition) is 3. The Hall–Kier alpha value is -4.14. The van der Waals surface area contributed by atoms with Crippen LogP contribution in [0.1, 0.15) is 89.7 Å². The molecule has 3 aliphatic heterocycles. The molecule has 14 nitrogen and oxygen atoms in total. The Kier molecular flexibility index (Phi) is 9.90. The summed E-state index contributed by atoms with van der Waals surface area (Å²) in [5, 5.41) is 4.88. The number of benzene rings is 1. The summed E-state index contributed by atoms with van der Waals surface area (Å²) in [6, 6.07) is 5.49. The minimum atomic E-state index is -3.89. The fourth-order valence-electron chi connectivity index (χ4n) is 6.98. The van der Waals surface area contributed by atoms with Gasteiger partial charge in [-0.3, -0.25) is 24.0 Å². The molecule has 1 aromatic rings. The van der Waals surface area contributed by atoms with Crippen LogP contribution in [0.5, 0.6) is 0 Å². The molecule has 1 saturated heterocycles. The predicted octanol–water partition coefficient (Wildman–Crippen LogP) is 3.01. The van der Waals surface area contributed by atoms with Gasteiger partial charge in [-0.15, -0.1) is 0 Å². The van der Waals surface area contributed by atoms with Crippen molar-refractivity contribution in [3.8, 4) is 0 Å². The van der Waals surface area contributed by atoms with Crippen molar-refractivity contribution in [2.45, 2.75) is 126 Å². The fraction of sp³-hybridized carbons (Fsp3) is 0.629. The van der Waals surface area contributed by atoms with Crippen molar-refractivity contribution in [3.05, 3.63) is 47.5 Å². The maximum atomic E-state index is 14.3. The quantitative estimate of drug-likeness (QED) is 0.387. The second-order valence-electron chi connectivity index (χ2n) is 15.1. The summed E-state index contributed by atoms with van der Waals surface area (Å²) in [7, 11) is -3.89. The first-order valence-corrected chi connectivity index (χ1v) is 19.1. The SMILES string of the molecule is CC(C)(C)OC(=O)N[C@H]1CCCCCC=C[C@@H]2C[C@@]2(C(=O)NS(=O)(=O)C2CC2)NC(=O)[C@@H]2C[C@@H](OC(=O)N3Cc4ccccc4C3)CN2C1=O. The minimum absolute atomic E-state index is 0.0537. The summed E-state index contributed by atoms with van der Waals surface area (Å²) in [5.74, 6) is -2.47. The van der Waals surface area contributed by atoms with Gasteiger partial charge >= 0.3 is 12.2 Å². The van der Waals surface area contributed by atoms with Crippen LogP contribution in [0.25, 0.3) is 0 Å². The number of sulfonamides is 1. The van der Waals surface area contributed by atoms with Crippen molar-refractivity contribution in [1.82, 2.24) is 25.2 Å².